The summed E-state index contributed by atoms with van der Waals surface area (Å²) >= 11 is 0. The van der Waals surface area contributed by atoms with E-state index in [9.17, 15) is 12.8 Å². The number of hydrogen-bond acceptors (Lipinski definition) is 5. The van der Waals surface area contributed by atoms with Crippen molar-refractivity contribution in [2.24, 2.45) is 0 Å². The van der Waals surface area contributed by atoms with E-state index >= 15 is 0 Å². The van der Waals surface area contributed by atoms with Crippen LogP contribution in [0.2, 0.25) is 0 Å². The average Bonchev–Trinajstić information content (AvgIpc) is 2.53. The normalized spacial score (nSPS) is 19.6. The van der Waals surface area contributed by atoms with Crippen molar-refractivity contribution < 1.29 is 22.9 Å². The fourth-order valence-electron chi connectivity index (χ4n) is 2.30. The molecule has 0 atom stereocenters. The fourth-order valence-corrected chi connectivity index (χ4v) is 3.61. The first-order chi connectivity index (χ1) is 9.37. The predicted molar refractivity (Wildman–Crippen MR) is 74.8 cm³/mol. The predicted octanol–water partition coefficient (Wildman–Crippen LogP) is -0.874. The molecular formula is C12H17BFNO4S. The Kier molecular flexibility index (Phi) is 4.80. The topological polar surface area (TPSA) is 77.8 Å². The Morgan fingerprint density at radius 1 is 1.25 bits per heavy atom. The van der Waals surface area contributed by atoms with Crippen molar-refractivity contribution in [3.63, 3.8) is 0 Å². The molecule has 2 N–H and O–H groups in total. The summed E-state index contributed by atoms with van der Waals surface area (Å²) in [6.45, 7) is 1.57. The zero-order chi connectivity index (χ0) is 14.8. The summed E-state index contributed by atoms with van der Waals surface area (Å²) in [7, 11) is -4.80. The van der Waals surface area contributed by atoms with Crippen LogP contribution in [0.15, 0.2) is 18.2 Å². The first-order valence-corrected chi connectivity index (χ1v) is 8.27. The highest BCUT2D eigenvalue weighted by atomic mass is 32.2. The van der Waals surface area contributed by atoms with Crippen molar-refractivity contribution in [3.05, 3.63) is 29.6 Å². The van der Waals surface area contributed by atoms with Crippen molar-refractivity contribution in [2.45, 2.75) is 13.0 Å². The van der Waals surface area contributed by atoms with Gasteiger partial charge >= 0.3 is 7.12 Å². The summed E-state index contributed by atoms with van der Waals surface area (Å²) in [6.07, 6.45) is 0.582. The second-order valence-corrected chi connectivity index (χ2v) is 7.31. The Morgan fingerprint density at radius 2 is 2.00 bits per heavy atom. The number of halogens is 1. The number of nitrogens with zero attached hydrogens (tertiary/aromatic N) is 1. The molecule has 1 aromatic rings. The third kappa shape index (κ3) is 4.02. The Balaban J connectivity index is 2.08. The standard InChI is InChI=1S/C12H17BFNO4S/c14-12-3-2-10(8-11(12)13(16)17)9-15-4-1-6-20(18,19)7-5-15/h2-3,8,16-17H,1,4-7,9H2. The summed E-state index contributed by atoms with van der Waals surface area (Å²) in [6, 6.07) is 4.17. The first kappa shape index (κ1) is 15.4. The third-order valence-electron chi connectivity index (χ3n) is 3.39. The minimum absolute atomic E-state index is 0.129. The maximum Gasteiger partial charge on any atom is 0.491 e. The number of rotatable bonds is 3. The van der Waals surface area contributed by atoms with Gasteiger partial charge in [0.05, 0.1) is 11.5 Å². The minimum Gasteiger partial charge on any atom is -0.423 e. The van der Waals surface area contributed by atoms with Crippen LogP contribution < -0.4 is 5.46 Å². The summed E-state index contributed by atoms with van der Waals surface area (Å²) in [5.74, 6) is -0.334. The Morgan fingerprint density at radius 3 is 2.70 bits per heavy atom. The Bertz CT molecular complexity index is 579. The van der Waals surface area contributed by atoms with Crippen LogP contribution >= 0.6 is 0 Å². The van der Waals surface area contributed by atoms with E-state index in [4.69, 9.17) is 10.0 Å². The molecule has 0 unspecified atom stereocenters. The van der Waals surface area contributed by atoms with Crippen LogP contribution in [-0.2, 0) is 16.4 Å². The van der Waals surface area contributed by atoms with E-state index in [1.807, 2.05) is 4.90 Å². The molecule has 1 aromatic carbocycles. The van der Waals surface area contributed by atoms with Gasteiger partial charge in [0.2, 0.25) is 0 Å². The Hall–Kier alpha value is -0.955. The molecule has 0 aliphatic carbocycles. The van der Waals surface area contributed by atoms with E-state index in [1.165, 1.54) is 12.1 Å². The number of hydrogen-bond donors (Lipinski definition) is 2. The van der Waals surface area contributed by atoms with Gasteiger partial charge < -0.3 is 10.0 Å². The molecule has 1 heterocycles. The van der Waals surface area contributed by atoms with Gasteiger partial charge in [0.15, 0.2) is 9.84 Å². The lowest BCUT2D eigenvalue weighted by molar-refractivity contribution is 0.287. The van der Waals surface area contributed by atoms with E-state index in [1.54, 1.807) is 6.07 Å². The van der Waals surface area contributed by atoms with Crippen molar-refractivity contribution in [1.82, 2.24) is 4.90 Å². The average molecular weight is 301 g/mol. The molecule has 0 saturated carbocycles. The van der Waals surface area contributed by atoms with Crippen LogP contribution in [0.3, 0.4) is 0 Å². The maximum atomic E-state index is 13.4. The molecule has 2 rings (SSSR count). The van der Waals surface area contributed by atoms with Crippen molar-refractivity contribution in [3.8, 4) is 0 Å². The molecular weight excluding hydrogens is 284 g/mol. The van der Waals surface area contributed by atoms with Crippen molar-refractivity contribution >= 4 is 22.4 Å². The molecule has 0 spiro atoms. The minimum atomic E-state index is -2.95. The van der Waals surface area contributed by atoms with Gasteiger partial charge in [-0.1, -0.05) is 12.1 Å². The zero-order valence-electron chi connectivity index (χ0n) is 11.0. The lowest BCUT2D eigenvalue weighted by atomic mass is 9.79. The molecule has 110 valence electrons. The smallest absolute Gasteiger partial charge is 0.423 e. The van der Waals surface area contributed by atoms with Gasteiger partial charge in [-0.05, 0) is 24.6 Å². The molecule has 0 radical (unpaired) electrons. The molecule has 1 aliphatic heterocycles. The van der Waals surface area contributed by atoms with Gasteiger partial charge in [0.1, 0.15) is 5.82 Å². The SMILES string of the molecule is O=S1(=O)CCCN(Cc2ccc(F)c(B(O)O)c2)CC1. The number of benzene rings is 1. The molecule has 0 aromatic heterocycles. The van der Waals surface area contributed by atoms with Crippen LogP contribution in [0, 0.1) is 5.82 Å². The summed E-state index contributed by atoms with van der Waals surface area (Å²) in [5.41, 5.74) is 0.568. The van der Waals surface area contributed by atoms with Crippen molar-refractivity contribution in [2.75, 3.05) is 24.6 Å². The quantitative estimate of drug-likeness (QED) is 0.710. The van der Waals surface area contributed by atoms with Crippen LogP contribution in [0.4, 0.5) is 4.39 Å². The highest BCUT2D eigenvalue weighted by Crippen LogP contribution is 2.10. The van der Waals surface area contributed by atoms with Crippen LogP contribution in [0.1, 0.15) is 12.0 Å². The monoisotopic (exact) mass is 301 g/mol. The van der Waals surface area contributed by atoms with Gasteiger partial charge in [-0.15, -0.1) is 0 Å². The third-order valence-corrected chi connectivity index (χ3v) is 5.11. The second-order valence-electron chi connectivity index (χ2n) is 5.01. The molecule has 20 heavy (non-hydrogen) atoms. The maximum absolute atomic E-state index is 13.4. The number of sulfone groups is 1. The molecule has 8 heteroatoms. The first-order valence-electron chi connectivity index (χ1n) is 6.45. The van der Waals surface area contributed by atoms with Gasteiger partial charge in [-0.25, -0.2) is 12.8 Å². The van der Waals surface area contributed by atoms with E-state index in [2.05, 4.69) is 0 Å². The van der Waals surface area contributed by atoms with Crippen LogP contribution in [-0.4, -0.2) is 55.1 Å². The second kappa shape index (κ2) is 6.21. The molecule has 1 saturated heterocycles. The van der Waals surface area contributed by atoms with E-state index in [0.717, 1.165) is 5.56 Å². The molecule has 1 aliphatic rings. The van der Waals surface area contributed by atoms with Crippen molar-refractivity contribution in [1.29, 1.82) is 0 Å². The van der Waals surface area contributed by atoms with Crippen LogP contribution in [0.5, 0.6) is 0 Å². The van der Waals surface area contributed by atoms with Gasteiger partial charge in [0.25, 0.3) is 0 Å². The largest absolute Gasteiger partial charge is 0.491 e. The summed E-state index contributed by atoms with van der Waals surface area (Å²) in [4.78, 5) is 1.98. The highest BCUT2D eigenvalue weighted by molar-refractivity contribution is 7.91. The lowest BCUT2D eigenvalue weighted by Crippen LogP contribution is -2.34. The van der Waals surface area contributed by atoms with E-state index < -0.39 is 22.8 Å². The zero-order valence-corrected chi connectivity index (χ0v) is 11.8. The summed E-state index contributed by atoms with van der Waals surface area (Å²) < 4.78 is 36.4. The molecule has 1 fully saturated rings. The summed E-state index contributed by atoms with van der Waals surface area (Å²) in [5, 5.41) is 18.1. The van der Waals surface area contributed by atoms with Gasteiger partial charge in [0, 0.05) is 18.6 Å². The molecule has 5 nitrogen and oxygen atoms in total. The van der Waals surface area contributed by atoms with E-state index in [-0.39, 0.29) is 17.0 Å². The van der Waals surface area contributed by atoms with Gasteiger partial charge in [-0.3, -0.25) is 4.90 Å². The Labute approximate surface area is 118 Å². The van der Waals surface area contributed by atoms with E-state index in [0.29, 0.717) is 26.1 Å². The van der Waals surface area contributed by atoms with Crippen LogP contribution in [0.25, 0.3) is 0 Å². The molecule has 0 bridgehead atoms. The fraction of sp³-hybridized carbons (Fsp3) is 0.500. The van der Waals surface area contributed by atoms with Gasteiger partial charge in [-0.2, -0.15) is 0 Å². The molecule has 0 amide bonds. The lowest BCUT2D eigenvalue weighted by Gasteiger charge is -2.19. The highest BCUT2D eigenvalue weighted by Gasteiger charge is 2.21.